The molecule has 0 radical (unpaired) electrons. The number of hydrogen-bond donors (Lipinski definition) is 1. The van der Waals surface area contributed by atoms with Gasteiger partial charge < -0.3 is 18.7 Å². The molecule has 0 saturated carbocycles. The standard InChI is InChI=1S/C38H32N2O5/c1-26(41)39-38-36(30-18-20-31(42-2)21-19-30)37(40-45-38)33-22-32(29-16-10-5-11-17-29)34(43-24-27-12-6-3-7-13-27)23-35(33)44-25-28-14-8-4-9-15-28/h3-23H,24-25H2,1-2H3,(H,39,41). The lowest BCUT2D eigenvalue weighted by atomic mass is 9.95. The van der Waals surface area contributed by atoms with Crippen molar-refractivity contribution < 1.29 is 23.5 Å². The monoisotopic (exact) mass is 596 g/mol. The van der Waals surface area contributed by atoms with Gasteiger partial charge in [0.2, 0.25) is 11.8 Å². The number of rotatable bonds is 11. The number of hydrogen-bond acceptors (Lipinski definition) is 6. The molecule has 7 nitrogen and oxygen atoms in total. The third kappa shape index (κ3) is 6.89. The highest BCUT2D eigenvalue weighted by Crippen LogP contribution is 2.46. The maximum atomic E-state index is 12.2. The quantitative estimate of drug-likeness (QED) is 0.161. The molecule has 7 heteroatoms. The van der Waals surface area contributed by atoms with E-state index in [1.54, 1.807) is 7.11 Å². The summed E-state index contributed by atoms with van der Waals surface area (Å²) in [5.74, 6) is 1.88. The van der Waals surface area contributed by atoms with Gasteiger partial charge in [0.1, 0.15) is 36.2 Å². The van der Waals surface area contributed by atoms with E-state index in [9.17, 15) is 4.79 Å². The molecule has 0 aliphatic heterocycles. The second-order valence-electron chi connectivity index (χ2n) is 10.4. The zero-order valence-corrected chi connectivity index (χ0v) is 25.0. The highest BCUT2D eigenvalue weighted by Gasteiger charge is 2.25. The second kappa shape index (κ2) is 13.7. The average molecular weight is 597 g/mol. The van der Waals surface area contributed by atoms with Crippen LogP contribution in [0.4, 0.5) is 5.88 Å². The van der Waals surface area contributed by atoms with Crippen molar-refractivity contribution >= 4 is 11.8 Å². The lowest BCUT2D eigenvalue weighted by Crippen LogP contribution is -2.06. The van der Waals surface area contributed by atoms with E-state index < -0.39 is 0 Å². The lowest BCUT2D eigenvalue weighted by molar-refractivity contribution is -0.114. The second-order valence-corrected chi connectivity index (χ2v) is 10.4. The summed E-state index contributed by atoms with van der Waals surface area (Å²) in [6.07, 6.45) is 0. The van der Waals surface area contributed by atoms with Crippen LogP contribution in [-0.4, -0.2) is 18.2 Å². The molecule has 0 aliphatic rings. The van der Waals surface area contributed by atoms with Crippen LogP contribution in [0.5, 0.6) is 17.2 Å². The van der Waals surface area contributed by atoms with Crippen LogP contribution in [0.2, 0.25) is 0 Å². The topological polar surface area (TPSA) is 82.8 Å². The van der Waals surface area contributed by atoms with Crippen LogP contribution in [0, 0.1) is 0 Å². The normalized spacial score (nSPS) is 10.7. The highest BCUT2D eigenvalue weighted by molar-refractivity contribution is 5.97. The van der Waals surface area contributed by atoms with Crippen molar-refractivity contribution in [2.75, 3.05) is 12.4 Å². The van der Waals surface area contributed by atoms with Crippen molar-refractivity contribution in [1.82, 2.24) is 5.16 Å². The molecular formula is C38H32N2O5. The number of amides is 1. The molecule has 0 fully saturated rings. The molecule has 1 aromatic heterocycles. The van der Waals surface area contributed by atoms with E-state index in [0.29, 0.717) is 47.3 Å². The fourth-order valence-corrected chi connectivity index (χ4v) is 5.04. The molecule has 1 amide bonds. The molecule has 0 atom stereocenters. The first-order valence-corrected chi connectivity index (χ1v) is 14.6. The van der Waals surface area contributed by atoms with Crippen molar-refractivity contribution in [3.63, 3.8) is 0 Å². The smallest absolute Gasteiger partial charge is 0.239 e. The molecule has 224 valence electrons. The summed E-state index contributed by atoms with van der Waals surface area (Å²) in [6, 6.07) is 41.4. The molecule has 45 heavy (non-hydrogen) atoms. The summed E-state index contributed by atoms with van der Waals surface area (Å²) in [4.78, 5) is 12.2. The lowest BCUT2D eigenvalue weighted by Gasteiger charge is -2.18. The van der Waals surface area contributed by atoms with Gasteiger partial charge in [0.15, 0.2) is 0 Å². The fraction of sp³-hybridized carbons (Fsp3) is 0.105. The number of anilines is 1. The maximum Gasteiger partial charge on any atom is 0.239 e. The highest BCUT2D eigenvalue weighted by atomic mass is 16.5. The molecule has 6 aromatic rings. The number of ether oxygens (including phenoxy) is 3. The Bertz CT molecular complexity index is 1870. The Morgan fingerprint density at radius 3 is 1.80 bits per heavy atom. The van der Waals surface area contributed by atoms with Crippen molar-refractivity contribution in [2.24, 2.45) is 0 Å². The molecule has 1 N–H and O–H groups in total. The van der Waals surface area contributed by atoms with E-state index in [-0.39, 0.29) is 11.8 Å². The molecule has 0 bridgehead atoms. The van der Waals surface area contributed by atoms with Crippen LogP contribution >= 0.6 is 0 Å². The number of nitrogens with zero attached hydrogens (tertiary/aromatic N) is 1. The van der Waals surface area contributed by atoms with Gasteiger partial charge in [-0.3, -0.25) is 10.1 Å². The van der Waals surface area contributed by atoms with Gasteiger partial charge in [0.25, 0.3) is 0 Å². The third-order valence-corrected chi connectivity index (χ3v) is 7.26. The molecule has 0 saturated heterocycles. The summed E-state index contributed by atoms with van der Waals surface area (Å²) >= 11 is 0. The van der Waals surface area contributed by atoms with Crippen LogP contribution in [0.25, 0.3) is 33.5 Å². The van der Waals surface area contributed by atoms with Gasteiger partial charge in [-0.15, -0.1) is 0 Å². The summed E-state index contributed by atoms with van der Waals surface area (Å²) in [7, 11) is 1.62. The van der Waals surface area contributed by atoms with Crippen LogP contribution in [0.1, 0.15) is 18.1 Å². The summed E-state index contributed by atoms with van der Waals surface area (Å²) in [5.41, 5.74) is 6.49. The summed E-state index contributed by atoms with van der Waals surface area (Å²) in [5, 5.41) is 7.29. The van der Waals surface area contributed by atoms with E-state index in [4.69, 9.17) is 18.7 Å². The Kier molecular flexibility index (Phi) is 8.88. The van der Waals surface area contributed by atoms with E-state index >= 15 is 0 Å². The maximum absolute atomic E-state index is 12.2. The Morgan fingerprint density at radius 2 is 1.24 bits per heavy atom. The van der Waals surface area contributed by atoms with E-state index in [1.807, 2.05) is 127 Å². The number of methoxy groups -OCH3 is 1. The minimum absolute atomic E-state index is 0.238. The van der Waals surface area contributed by atoms with Crippen LogP contribution in [0.15, 0.2) is 132 Å². The van der Waals surface area contributed by atoms with Gasteiger partial charge in [0, 0.05) is 24.1 Å². The average Bonchev–Trinajstić information content (AvgIpc) is 3.50. The number of benzene rings is 5. The van der Waals surface area contributed by atoms with Crippen molar-refractivity contribution in [3.8, 4) is 50.8 Å². The van der Waals surface area contributed by atoms with Crippen LogP contribution in [0.3, 0.4) is 0 Å². The zero-order chi connectivity index (χ0) is 31.0. The van der Waals surface area contributed by atoms with Gasteiger partial charge in [0.05, 0.1) is 12.7 Å². The molecule has 0 aliphatic carbocycles. The minimum atomic E-state index is -0.275. The SMILES string of the molecule is COc1ccc(-c2c(-c3cc(-c4ccccc4)c(OCc4ccccc4)cc3OCc3ccccc3)noc2NC(C)=O)cc1. The summed E-state index contributed by atoms with van der Waals surface area (Å²) in [6.45, 7) is 2.14. The van der Waals surface area contributed by atoms with Crippen molar-refractivity contribution in [2.45, 2.75) is 20.1 Å². The molecule has 0 spiro atoms. The van der Waals surface area contributed by atoms with Gasteiger partial charge >= 0.3 is 0 Å². The Labute approximate surface area is 262 Å². The Hall–Kier alpha value is -5.82. The Morgan fingerprint density at radius 1 is 0.689 bits per heavy atom. The summed E-state index contributed by atoms with van der Waals surface area (Å²) < 4.78 is 24.1. The van der Waals surface area contributed by atoms with Crippen LogP contribution in [-0.2, 0) is 18.0 Å². The fourth-order valence-electron chi connectivity index (χ4n) is 5.04. The predicted octanol–water partition coefficient (Wildman–Crippen LogP) is 8.80. The number of carbonyl (C=O) groups excluding carboxylic acids is 1. The molecule has 5 aromatic carbocycles. The molecule has 6 rings (SSSR count). The van der Waals surface area contributed by atoms with E-state index in [1.165, 1.54) is 6.92 Å². The zero-order valence-electron chi connectivity index (χ0n) is 25.0. The molecular weight excluding hydrogens is 564 g/mol. The predicted molar refractivity (Wildman–Crippen MR) is 175 cm³/mol. The number of aromatic nitrogens is 1. The van der Waals surface area contributed by atoms with Crippen molar-refractivity contribution in [3.05, 3.63) is 139 Å². The first-order chi connectivity index (χ1) is 22.1. The van der Waals surface area contributed by atoms with Gasteiger partial charge in [-0.25, -0.2) is 0 Å². The van der Waals surface area contributed by atoms with E-state index in [0.717, 1.165) is 27.8 Å². The molecule has 0 unspecified atom stereocenters. The van der Waals surface area contributed by atoms with Gasteiger partial charge in [-0.2, -0.15) is 0 Å². The van der Waals surface area contributed by atoms with Gasteiger partial charge in [-0.1, -0.05) is 108 Å². The number of nitrogens with one attached hydrogen (secondary N) is 1. The number of carbonyl (C=O) groups is 1. The van der Waals surface area contributed by atoms with E-state index in [2.05, 4.69) is 10.5 Å². The van der Waals surface area contributed by atoms with Crippen LogP contribution < -0.4 is 19.5 Å². The Balaban J connectivity index is 1.53. The first-order valence-electron chi connectivity index (χ1n) is 14.6. The largest absolute Gasteiger partial charge is 0.497 e. The minimum Gasteiger partial charge on any atom is -0.497 e. The van der Waals surface area contributed by atoms with Crippen molar-refractivity contribution in [1.29, 1.82) is 0 Å². The van der Waals surface area contributed by atoms with Gasteiger partial charge in [-0.05, 0) is 40.5 Å². The molecule has 1 heterocycles. The third-order valence-electron chi connectivity index (χ3n) is 7.26. The first kappa shape index (κ1) is 29.3.